The fourth-order valence-corrected chi connectivity index (χ4v) is 1.64. The maximum absolute atomic E-state index is 10.7. The summed E-state index contributed by atoms with van der Waals surface area (Å²) < 4.78 is 21.4. The number of hydrogen-bond acceptors (Lipinski definition) is 4. The lowest BCUT2D eigenvalue weighted by atomic mass is 10.3. The van der Waals surface area contributed by atoms with Crippen molar-refractivity contribution >= 4 is 27.3 Å². The van der Waals surface area contributed by atoms with Gasteiger partial charge in [-0.15, -0.1) is 0 Å². The highest BCUT2D eigenvalue weighted by Crippen LogP contribution is 2.08. The molecule has 1 aromatic carbocycles. The van der Waals surface area contributed by atoms with Crippen molar-refractivity contribution in [3.05, 3.63) is 53.8 Å². The predicted molar refractivity (Wildman–Crippen MR) is 71.5 cm³/mol. The van der Waals surface area contributed by atoms with Gasteiger partial charge in [0.05, 0.1) is 4.90 Å². The number of halogens is 1. The fraction of sp³-hybridized carbons (Fsp3) is 0. The van der Waals surface area contributed by atoms with Crippen LogP contribution in [-0.4, -0.2) is 13.4 Å². The summed E-state index contributed by atoms with van der Waals surface area (Å²) in [7, 11) is -3.58. The first-order valence-corrected chi connectivity index (χ1v) is 6.77. The molecule has 18 heavy (non-hydrogen) atoms. The zero-order chi connectivity index (χ0) is 13.6. The number of rotatable bonds is 1. The number of benzene rings is 1. The van der Waals surface area contributed by atoms with Crippen LogP contribution in [0.3, 0.4) is 0 Å². The predicted octanol–water partition coefficient (Wildman–Crippen LogP) is 1.65. The summed E-state index contributed by atoms with van der Waals surface area (Å²) in [5.41, 5.74) is 5.85. The molecule has 0 aliphatic rings. The van der Waals surface area contributed by atoms with Gasteiger partial charge in [0.1, 0.15) is 5.15 Å². The van der Waals surface area contributed by atoms with Crippen molar-refractivity contribution in [2.75, 3.05) is 5.73 Å². The SMILES string of the molecule is Clc1ccccn1.Nc1ccc(S(N)(=O)=O)cc1. The zero-order valence-corrected chi connectivity index (χ0v) is 10.9. The van der Waals surface area contributed by atoms with Gasteiger partial charge in [0.15, 0.2) is 0 Å². The van der Waals surface area contributed by atoms with E-state index < -0.39 is 10.0 Å². The Bertz CT molecular complexity index is 585. The smallest absolute Gasteiger partial charge is 0.238 e. The molecule has 5 nitrogen and oxygen atoms in total. The molecule has 2 aromatic rings. The summed E-state index contributed by atoms with van der Waals surface area (Å²) in [6.45, 7) is 0. The zero-order valence-electron chi connectivity index (χ0n) is 9.32. The Labute approximate surface area is 110 Å². The van der Waals surface area contributed by atoms with E-state index in [1.807, 2.05) is 12.1 Å². The Morgan fingerprint density at radius 2 is 1.67 bits per heavy atom. The van der Waals surface area contributed by atoms with Crippen molar-refractivity contribution in [1.82, 2.24) is 4.98 Å². The summed E-state index contributed by atoms with van der Waals surface area (Å²) in [4.78, 5) is 3.82. The molecular weight excluding hydrogens is 274 g/mol. The van der Waals surface area contributed by atoms with E-state index >= 15 is 0 Å². The summed E-state index contributed by atoms with van der Waals surface area (Å²) in [6, 6.07) is 11.1. The molecule has 0 radical (unpaired) electrons. The van der Waals surface area contributed by atoms with Crippen molar-refractivity contribution in [2.45, 2.75) is 4.90 Å². The van der Waals surface area contributed by atoms with Crippen molar-refractivity contribution in [3.63, 3.8) is 0 Å². The summed E-state index contributed by atoms with van der Waals surface area (Å²) in [6.07, 6.45) is 1.66. The molecule has 7 heteroatoms. The van der Waals surface area contributed by atoms with Gasteiger partial charge in [-0.3, -0.25) is 0 Å². The van der Waals surface area contributed by atoms with Crippen LogP contribution in [0.2, 0.25) is 5.15 Å². The number of primary sulfonamides is 1. The molecule has 0 aliphatic carbocycles. The second-order valence-electron chi connectivity index (χ2n) is 3.27. The Morgan fingerprint density at radius 1 is 1.06 bits per heavy atom. The molecule has 0 bridgehead atoms. The van der Waals surface area contributed by atoms with Crippen molar-refractivity contribution in [1.29, 1.82) is 0 Å². The molecule has 0 atom stereocenters. The van der Waals surface area contributed by atoms with E-state index in [0.717, 1.165) is 0 Å². The molecule has 1 aromatic heterocycles. The Morgan fingerprint density at radius 3 is 2.00 bits per heavy atom. The third-order valence-corrected chi connectivity index (χ3v) is 2.99. The van der Waals surface area contributed by atoms with Crippen LogP contribution in [0, 0.1) is 0 Å². The first-order chi connectivity index (χ1) is 8.39. The minimum absolute atomic E-state index is 0.0756. The van der Waals surface area contributed by atoms with E-state index in [1.54, 1.807) is 12.3 Å². The highest BCUT2D eigenvalue weighted by molar-refractivity contribution is 7.89. The van der Waals surface area contributed by atoms with Gasteiger partial charge in [-0.2, -0.15) is 0 Å². The number of pyridine rings is 1. The molecule has 0 unspecified atom stereocenters. The fourth-order valence-electron chi connectivity index (χ4n) is 0.999. The first-order valence-electron chi connectivity index (χ1n) is 4.84. The van der Waals surface area contributed by atoms with Crippen molar-refractivity contribution < 1.29 is 8.42 Å². The molecule has 4 N–H and O–H groups in total. The molecule has 0 aliphatic heterocycles. The lowest BCUT2D eigenvalue weighted by Crippen LogP contribution is -2.11. The number of hydrogen-bond donors (Lipinski definition) is 2. The lowest BCUT2D eigenvalue weighted by Gasteiger charge is -1.96. The third kappa shape index (κ3) is 5.13. The highest BCUT2D eigenvalue weighted by atomic mass is 35.5. The van der Waals surface area contributed by atoms with Gasteiger partial charge in [0.25, 0.3) is 0 Å². The monoisotopic (exact) mass is 285 g/mol. The number of nitrogens with zero attached hydrogens (tertiary/aromatic N) is 1. The van der Waals surface area contributed by atoms with E-state index in [9.17, 15) is 8.42 Å². The summed E-state index contributed by atoms with van der Waals surface area (Å²) in [5.74, 6) is 0. The van der Waals surface area contributed by atoms with E-state index in [-0.39, 0.29) is 4.90 Å². The molecule has 0 amide bonds. The van der Waals surface area contributed by atoms with Crippen LogP contribution in [0.4, 0.5) is 5.69 Å². The van der Waals surface area contributed by atoms with Crippen LogP contribution in [0.1, 0.15) is 0 Å². The second-order valence-corrected chi connectivity index (χ2v) is 5.22. The van der Waals surface area contributed by atoms with Crippen LogP contribution in [-0.2, 0) is 10.0 Å². The molecule has 96 valence electrons. The van der Waals surface area contributed by atoms with Gasteiger partial charge in [-0.25, -0.2) is 18.5 Å². The number of sulfonamides is 1. The van der Waals surface area contributed by atoms with E-state index in [2.05, 4.69) is 4.98 Å². The van der Waals surface area contributed by atoms with Gasteiger partial charge < -0.3 is 5.73 Å². The minimum atomic E-state index is -3.58. The van der Waals surface area contributed by atoms with Crippen LogP contribution < -0.4 is 10.9 Å². The Kier molecular flexibility index (Phi) is 5.08. The maximum atomic E-state index is 10.7. The van der Waals surface area contributed by atoms with E-state index in [4.69, 9.17) is 22.5 Å². The lowest BCUT2D eigenvalue weighted by molar-refractivity contribution is 0.598. The minimum Gasteiger partial charge on any atom is -0.399 e. The van der Waals surface area contributed by atoms with Gasteiger partial charge in [0, 0.05) is 11.9 Å². The number of nitrogen functional groups attached to an aromatic ring is 1. The van der Waals surface area contributed by atoms with Crippen molar-refractivity contribution in [3.8, 4) is 0 Å². The number of aromatic nitrogens is 1. The Hall–Kier alpha value is -1.63. The average Bonchev–Trinajstić information content (AvgIpc) is 2.30. The van der Waals surface area contributed by atoms with Gasteiger partial charge in [-0.05, 0) is 36.4 Å². The number of nitrogens with two attached hydrogens (primary N) is 2. The summed E-state index contributed by atoms with van der Waals surface area (Å²) in [5, 5.41) is 5.38. The van der Waals surface area contributed by atoms with E-state index in [1.165, 1.54) is 24.3 Å². The highest BCUT2D eigenvalue weighted by Gasteiger charge is 2.04. The molecule has 1 heterocycles. The maximum Gasteiger partial charge on any atom is 0.238 e. The van der Waals surface area contributed by atoms with E-state index in [0.29, 0.717) is 10.8 Å². The molecular formula is C11H12ClN3O2S. The van der Waals surface area contributed by atoms with Crippen LogP contribution in [0.25, 0.3) is 0 Å². The first kappa shape index (κ1) is 14.4. The molecule has 0 spiro atoms. The largest absolute Gasteiger partial charge is 0.399 e. The standard InChI is InChI=1S/C6H8N2O2S.C5H4ClN/c7-5-1-3-6(4-2-5)11(8,9)10;6-5-3-1-2-4-7-5/h1-4H,7H2,(H2,8,9,10);1-4H. The molecule has 0 saturated carbocycles. The molecule has 0 fully saturated rings. The van der Waals surface area contributed by atoms with Crippen LogP contribution in [0.5, 0.6) is 0 Å². The topological polar surface area (TPSA) is 99.1 Å². The van der Waals surface area contributed by atoms with Gasteiger partial charge >= 0.3 is 0 Å². The summed E-state index contributed by atoms with van der Waals surface area (Å²) >= 11 is 5.43. The molecule has 0 saturated heterocycles. The average molecular weight is 286 g/mol. The van der Waals surface area contributed by atoms with Gasteiger partial charge in [0.2, 0.25) is 10.0 Å². The normalized spacial score (nSPS) is 10.3. The van der Waals surface area contributed by atoms with Crippen LogP contribution in [0.15, 0.2) is 53.6 Å². The second kappa shape index (κ2) is 6.34. The van der Waals surface area contributed by atoms with Crippen LogP contribution >= 0.6 is 11.6 Å². The third-order valence-electron chi connectivity index (χ3n) is 1.84. The quantitative estimate of drug-likeness (QED) is 0.615. The Balaban J connectivity index is 0.000000199. The molecule has 2 rings (SSSR count). The number of anilines is 1. The van der Waals surface area contributed by atoms with Gasteiger partial charge in [-0.1, -0.05) is 17.7 Å². The van der Waals surface area contributed by atoms with Crippen molar-refractivity contribution in [2.24, 2.45) is 5.14 Å².